The monoisotopic (exact) mass is 493 g/mol. The van der Waals surface area contributed by atoms with Crippen LogP contribution in [0.3, 0.4) is 0 Å². The second kappa shape index (κ2) is 9.28. The van der Waals surface area contributed by atoms with E-state index in [1.54, 1.807) is 15.9 Å². The summed E-state index contributed by atoms with van der Waals surface area (Å²) in [7, 11) is 0. The van der Waals surface area contributed by atoms with Crippen LogP contribution in [0.15, 0.2) is 83.2 Å². The van der Waals surface area contributed by atoms with Gasteiger partial charge in [0.05, 0.1) is 27.5 Å². The molecule has 2 aliphatic rings. The van der Waals surface area contributed by atoms with Crippen LogP contribution in [0.2, 0.25) is 0 Å². The van der Waals surface area contributed by atoms with Crippen molar-refractivity contribution in [1.29, 1.82) is 0 Å². The minimum atomic E-state index is -0.235. The van der Waals surface area contributed by atoms with Crippen molar-refractivity contribution >= 4 is 51.4 Å². The van der Waals surface area contributed by atoms with Crippen LogP contribution in [-0.2, 0) is 9.59 Å². The first-order valence-electron chi connectivity index (χ1n) is 11.8. The molecule has 3 aromatic rings. The van der Waals surface area contributed by atoms with Crippen LogP contribution < -0.4 is 9.80 Å². The molecule has 0 N–H and O–H groups in total. The molecule has 36 heavy (non-hydrogen) atoms. The van der Waals surface area contributed by atoms with Crippen LogP contribution in [0.4, 0.5) is 17.1 Å². The number of benzene rings is 3. The predicted octanol–water partition coefficient (Wildman–Crippen LogP) is 6.63. The molecule has 1 fully saturated rings. The van der Waals surface area contributed by atoms with Crippen molar-refractivity contribution in [3.05, 3.63) is 106 Å². The summed E-state index contributed by atoms with van der Waals surface area (Å²) >= 11 is 1.27. The van der Waals surface area contributed by atoms with E-state index in [1.165, 1.54) is 11.8 Å². The number of amidine groups is 1. The summed E-state index contributed by atoms with van der Waals surface area (Å²) in [6.07, 6.45) is 1.70. The quantitative estimate of drug-likeness (QED) is 0.303. The average Bonchev–Trinajstić information content (AvgIpc) is 3.30. The number of fused-ring (bicyclic) bond motifs is 1. The highest BCUT2D eigenvalue weighted by Gasteiger charge is 2.43. The minimum Gasteiger partial charge on any atom is -0.304 e. The van der Waals surface area contributed by atoms with Crippen molar-refractivity contribution in [2.45, 2.75) is 27.7 Å². The average molecular weight is 494 g/mol. The fraction of sp³-hybridized carbons (Fsp3) is 0.167. The highest BCUT2D eigenvalue weighted by atomic mass is 32.2. The summed E-state index contributed by atoms with van der Waals surface area (Å²) in [5.41, 5.74) is 7.60. The Kier molecular flexibility index (Phi) is 6.14. The molecular formula is C30H27N3O2S. The molecule has 5 rings (SSSR count). The van der Waals surface area contributed by atoms with Gasteiger partial charge in [-0.15, -0.1) is 6.58 Å². The molecule has 0 unspecified atom stereocenters. The molecular weight excluding hydrogens is 466 g/mol. The maximum atomic E-state index is 14.2. The second-order valence-electron chi connectivity index (χ2n) is 9.04. The standard InChI is InChI=1S/C30H27N3O2S/c1-6-17-32-23-16-8-7-15-22(23)24(28(32)34)27-29(35)33(26-20(4)13-10-14-21(26)5)30(36-27)31-25-18(2)11-9-12-19(25)3/h6-16H,1,17H2,2-5H3/b27-24+,31-30?. The topological polar surface area (TPSA) is 53.0 Å². The highest BCUT2D eigenvalue weighted by Crippen LogP contribution is 2.47. The summed E-state index contributed by atoms with van der Waals surface area (Å²) < 4.78 is 0. The number of carbonyl (C=O) groups is 2. The van der Waals surface area contributed by atoms with Crippen LogP contribution in [0, 0.1) is 27.7 Å². The molecule has 180 valence electrons. The Morgan fingerprint density at radius 3 is 2.08 bits per heavy atom. The van der Waals surface area contributed by atoms with Gasteiger partial charge in [-0.3, -0.25) is 14.5 Å². The molecule has 0 atom stereocenters. The number of hydrogen-bond acceptors (Lipinski definition) is 4. The predicted molar refractivity (Wildman–Crippen MR) is 150 cm³/mol. The number of thioether (sulfide) groups is 1. The fourth-order valence-electron chi connectivity index (χ4n) is 4.84. The number of nitrogens with zero attached hydrogens (tertiary/aromatic N) is 3. The summed E-state index contributed by atoms with van der Waals surface area (Å²) in [4.78, 5) is 36.6. The van der Waals surface area contributed by atoms with Gasteiger partial charge in [0, 0.05) is 12.1 Å². The largest absolute Gasteiger partial charge is 0.304 e. The first-order valence-corrected chi connectivity index (χ1v) is 12.6. The number of aliphatic imine (C=N–C) groups is 1. The molecule has 0 aromatic heterocycles. The van der Waals surface area contributed by atoms with Crippen molar-refractivity contribution in [2.75, 3.05) is 16.3 Å². The Morgan fingerprint density at radius 1 is 0.833 bits per heavy atom. The zero-order valence-electron chi connectivity index (χ0n) is 20.8. The van der Waals surface area contributed by atoms with E-state index in [4.69, 9.17) is 4.99 Å². The lowest BCUT2D eigenvalue weighted by molar-refractivity contribution is -0.115. The zero-order chi connectivity index (χ0) is 25.6. The highest BCUT2D eigenvalue weighted by molar-refractivity contribution is 8.19. The van der Waals surface area contributed by atoms with Crippen molar-refractivity contribution in [3.63, 3.8) is 0 Å². The summed E-state index contributed by atoms with van der Waals surface area (Å²) in [5.74, 6) is -0.428. The lowest BCUT2D eigenvalue weighted by Crippen LogP contribution is -2.31. The van der Waals surface area contributed by atoms with Gasteiger partial charge < -0.3 is 4.90 Å². The third-order valence-corrected chi connectivity index (χ3v) is 7.59. The van der Waals surface area contributed by atoms with E-state index < -0.39 is 0 Å². The molecule has 0 bridgehead atoms. The van der Waals surface area contributed by atoms with E-state index >= 15 is 0 Å². The van der Waals surface area contributed by atoms with E-state index in [0.717, 1.165) is 44.9 Å². The molecule has 6 heteroatoms. The Balaban J connectivity index is 1.76. The Hall–Kier alpha value is -3.90. The lowest BCUT2D eigenvalue weighted by atomic mass is 10.1. The molecule has 3 aromatic carbocycles. The third-order valence-electron chi connectivity index (χ3n) is 6.55. The number of hydrogen-bond donors (Lipinski definition) is 0. The summed E-state index contributed by atoms with van der Waals surface area (Å²) in [5, 5.41) is 0.546. The molecule has 5 nitrogen and oxygen atoms in total. The first-order chi connectivity index (χ1) is 17.3. The van der Waals surface area contributed by atoms with E-state index in [9.17, 15) is 9.59 Å². The van der Waals surface area contributed by atoms with Crippen LogP contribution in [0.5, 0.6) is 0 Å². The smallest absolute Gasteiger partial charge is 0.272 e. The number of para-hydroxylation sites is 3. The van der Waals surface area contributed by atoms with Gasteiger partial charge in [-0.1, -0.05) is 60.7 Å². The van der Waals surface area contributed by atoms with Crippen LogP contribution in [-0.4, -0.2) is 23.5 Å². The molecule has 2 aliphatic heterocycles. The van der Waals surface area contributed by atoms with Crippen molar-refractivity contribution in [1.82, 2.24) is 0 Å². The van der Waals surface area contributed by atoms with Crippen LogP contribution in [0.1, 0.15) is 27.8 Å². The third kappa shape index (κ3) is 3.78. The van der Waals surface area contributed by atoms with Gasteiger partial charge in [-0.05, 0) is 67.8 Å². The number of aryl methyl sites for hydroxylation is 4. The van der Waals surface area contributed by atoms with Gasteiger partial charge in [0.1, 0.15) is 0 Å². The van der Waals surface area contributed by atoms with E-state index in [0.29, 0.717) is 22.2 Å². The Morgan fingerprint density at radius 2 is 1.44 bits per heavy atom. The maximum Gasteiger partial charge on any atom is 0.272 e. The fourth-order valence-corrected chi connectivity index (χ4v) is 5.91. The molecule has 2 heterocycles. The molecule has 0 saturated carbocycles. The lowest BCUT2D eigenvalue weighted by Gasteiger charge is -2.21. The van der Waals surface area contributed by atoms with Gasteiger partial charge in [0.2, 0.25) is 0 Å². The van der Waals surface area contributed by atoms with Crippen molar-refractivity contribution in [3.8, 4) is 0 Å². The van der Waals surface area contributed by atoms with Gasteiger partial charge in [-0.2, -0.15) is 0 Å². The second-order valence-corrected chi connectivity index (χ2v) is 10.0. The normalized spacial score (nSPS) is 18.4. The molecule has 1 saturated heterocycles. The van der Waals surface area contributed by atoms with Gasteiger partial charge >= 0.3 is 0 Å². The molecule has 2 amide bonds. The first kappa shape index (κ1) is 23.8. The number of amides is 2. The van der Waals surface area contributed by atoms with E-state index in [2.05, 4.69) is 6.58 Å². The minimum absolute atomic E-state index is 0.193. The molecule has 0 spiro atoms. The van der Waals surface area contributed by atoms with Crippen LogP contribution >= 0.6 is 11.8 Å². The van der Waals surface area contributed by atoms with Gasteiger partial charge in [0.25, 0.3) is 11.8 Å². The van der Waals surface area contributed by atoms with Crippen molar-refractivity contribution in [2.24, 2.45) is 4.99 Å². The maximum absolute atomic E-state index is 14.2. The van der Waals surface area contributed by atoms with E-state index in [1.807, 2.05) is 88.4 Å². The number of carbonyl (C=O) groups excluding carboxylic acids is 2. The Bertz CT molecular complexity index is 1460. The number of anilines is 2. The number of rotatable bonds is 4. The van der Waals surface area contributed by atoms with Gasteiger partial charge in [-0.25, -0.2) is 4.99 Å². The van der Waals surface area contributed by atoms with Gasteiger partial charge in [0.15, 0.2) is 5.17 Å². The molecule has 0 radical (unpaired) electrons. The SMILES string of the molecule is C=CCN1C(=O)/C(=C2/SC(=Nc3c(C)cccc3C)N(c3c(C)cccc3C)C2=O)c2ccccc21. The van der Waals surface area contributed by atoms with E-state index in [-0.39, 0.29) is 11.8 Å². The van der Waals surface area contributed by atoms with Crippen LogP contribution in [0.25, 0.3) is 5.57 Å². The zero-order valence-corrected chi connectivity index (χ0v) is 21.6. The Labute approximate surface area is 215 Å². The molecule has 0 aliphatic carbocycles. The van der Waals surface area contributed by atoms with Crippen molar-refractivity contribution < 1.29 is 9.59 Å². The summed E-state index contributed by atoms with van der Waals surface area (Å²) in [6, 6.07) is 19.6. The summed E-state index contributed by atoms with van der Waals surface area (Å²) in [6.45, 7) is 12.2.